The first-order valence-electron chi connectivity index (χ1n) is 9.63. The number of nitrogens with one attached hydrogen (secondary N) is 1. The zero-order valence-corrected chi connectivity index (χ0v) is 16.1. The molecule has 0 bridgehead atoms. The van der Waals surface area contributed by atoms with Crippen LogP contribution in [0.25, 0.3) is 0 Å². The molecule has 3 rings (SSSR count). The third-order valence-corrected chi connectivity index (χ3v) is 5.10. The number of rotatable bonds is 6. The molecule has 5 heteroatoms. The molecule has 1 aliphatic heterocycles. The Morgan fingerprint density at radius 3 is 2.22 bits per heavy atom. The standard InChI is InChI=1S/C22H29N3O2/c1-17(2)22(18-6-4-3-5-7-18)23-21(27)16-24-12-14-25(15-13-24)19-8-10-20(26)11-9-19/h3-11,17,22,26H,12-16H2,1-2H3,(H,23,27). The molecule has 2 aromatic rings. The van der Waals surface area contributed by atoms with Crippen molar-refractivity contribution in [2.45, 2.75) is 19.9 Å². The summed E-state index contributed by atoms with van der Waals surface area (Å²) in [5, 5.41) is 12.6. The summed E-state index contributed by atoms with van der Waals surface area (Å²) in [5.41, 5.74) is 2.26. The van der Waals surface area contributed by atoms with Crippen LogP contribution in [0, 0.1) is 5.92 Å². The van der Waals surface area contributed by atoms with Crippen LogP contribution < -0.4 is 10.2 Å². The van der Waals surface area contributed by atoms with Gasteiger partial charge in [0.2, 0.25) is 5.91 Å². The summed E-state index contributed by atoms with van der Waals surface area (Å²) in [4.78, 5) is 17.1. The third kappa shape index (κ3) is 5.23. The van der Waals surface area contributed by atoms with Crippen molar-refractivity contribution in [3.8, 4) is 5.75 Å². The fourth-order valence-electron chi connectivity index (χ4n) is 3.55. The minimum Gasteiger partial charge on any atom is -0.508 e. The first kappa shape index (κ1) is 19.2. The Bertz CT molecular complexity index is 723. The number of carbonyl (C=O) groups excluding carboxylic acids is 1. The third-order valence-electron chi connectivity index (χ3n) is 5.10. The molecule has 1 atom stereocenters. The molecule has 1 aliphatic rings. The molecule has 2 N–H and O–H groups in total. The van der Waals surface area contributed by atoms with Crippen molar-refractivity contribution in [2.24, 2.45) is 5.92 Å². The van der Waals surface area contributed by atoms with Gasteiger partial charge < -0.3 is 15.3 Å². The van der Waals surface area contributed by atoms with Gasteiger partial charge in [-0.15, -0.1) is 0 Å². The molecule has 144 valence electrons. The van der Waals surface area contributed by atoms with Gasteiger partial charge in [-0.05, 0) is 35.7 Å². The van der Waals surface area contributed by atoms with Gasteiger partial charge >= 0.3 is 0 Å². The van der Waals surface area contributed by atoms with Crippen LogP contribution in [-0.4, -0.2) is 48.6 Å². The molecule has 1 amide bonds. The number of aromatic hydroxyl groups is 1. The topological polar surface area (TPSA) is 55.8 Å². The molecular weight excluding hydrogens is 338 g/mol. The maximum Gasteiger partial charge on any atom is 0.234 e. The highest BCUT2D eigenvalue weighted by Gasteiger charge is 2.22. The molecule has 27 heavy (non-hydrogen) atoms. The maximum atomic E-state index is 12.6. The lowest BCUT2D eigenvalue weighted by atomic mass is 9.96. The molecule has 2 aromatic carbocycles. The Kier molecular flexibility index (Phi) is 6.35. The largest absolute Gasteiger partial charge is 0.508 e. The van der Waals surface area contributed by atoms with E-state index in [0.29, 0.717) is 12.5 Å². The second-order valence-corrected chi connectivity index (χ2v) is 7.48. The summed E-state index contributed by atoms with van der Waals surface area (Å²) in [7, 11) is 0. The average molecular weight is 367 g/mol. The molecule has 1 unspecified atom stereocenters. The summed E-state index contributed by atoms with van der Waals surface area (Å²) in [6.45, 7) is 8.16. The minimum absolute atomic E-state index is 0.0389. The van der Waals surface area contributed by atoms with Gasteiger partial charge in [0.05, 0.1) is 12.6 Å². The average Bonchev–Trinajstić information content (AvgIpc) is 2.68. The van der Waals surface area contributed by atoms with Crippen molar-refractivity contribution in [3.05, 3.63) is 60.2 Å². The summed E-state index contributed by atoms with van der Waals surface area (Å²) in [6.07, 6.45) is 0. The smallest absolute Gasteiger partial charge is 0.234 e. The Balaban J connectivity index is 1.51. The van der Waals surface area contributed by atoms with E-state index in [1.165, 1.54) is 0 Å². The Morgan fingerprint density at radius 2 is 1.63 bits per heavy atom. The van der Waals surface area contributed by atoms with Crippen LogP contribution in [0.4, 0.5) is 5.69 Å². The van der Waals surface area contributed by atoms with Crippen LogP contribution in [0.2, 0.25) is 0 Å². The summed E-state index contributed by atoms with van der Waals surface area (Å²) < 4.78 is 0. The predicted octanol–water partition coefficient (Wildman–Crippen LogP) is 3.03. The van der Waals surface area contributed by atoms with Crippen LogP contribution in [-0.2, 0) is 4.79 Å². The second-order valence-electron chi connectivity index (χ2n) is 7.48. The van der Waals surface area contributed by atoms with Crippen molar-refractivity contribution >= 4 is 11.6 Å². The minimum atomic E-state index is 0.0389. The van der Waals surface area contributed by atoms with E-state index < -0.39 is 0 Å². The first-order chi connectivity index (χ1) is 13.0. The first-order valence-corrected chi connectivity index (χ1v) is 9.63. The van der Waals surface area contributed by atoms with Gasteiger partial charge in [0, 0.05) is 31.9 Å². The van der Waals surface area contributed by atoms with Crippen LogP contribution >= 0.6 is 0 Å². The van der Waals surface area contributed by atoms with Crippen molar-refractivity contribution in [1.82, 2.24) is 10.2 Å². The van der Waals surface area contributed by atoms with Crippen LogP contribution in [0.5, 0.6) is 5.75 Å². The highest BCUT2D eigenvalue weighted by atomic mass is 16.3. The second kappa shape index (κ2) is 8.91. The van der Waals surface area contributed by atoms with Crippen molar-refractivity contribution in [2.75, 3.05) is 37.6 Å². The number of hydrogen-bond donors (Lipinski definition) is 2. The van der Waals surface area contributed by atoms with Crippen molar-refractivity contribution in [1.29, 1.82) is 0 Å². The van der Waals surface area contributed by atoms with Gasteiger partial charge in [-0.25, -0.2) is 0 Å². The van der Waals surface area contributed by atoms with E-state index >= 15 is 0 Å². The number of phenols is 1. The number of carbonyl (C=O) groups is 1. The van der Waals surface area contributed by atoms with Gasteiger partial charge in [-0.2, -0.15) is 0 Å². The fourth-order valence-corrected chi connectivity index (χ4v) is 3.55. The molecule has 0 radical (unpaired) electrons. The van der Waals surface area contributed by atoms with E-state index in [1.807, 2.05) is 30.3 Å². The number of piperazine rings is 1. The zero-order valence-electron chi connectivity index (χ0n) is 16.1. The van der Waals surface area contributed by atoms with Gasteiger partial charge in [-0.1, -0.05) is 44.2 Å². The fraction of sp³-hybridized carbons (Fsp3) is 0.409. The Labute approximate surface area is 161 Å². The Morgan fingerprint density at radius 1 is 1.00 bits per heavy atom. The van der Waals surface area contributed by atoms with Crippen molar-refractivity contribution in [3.63, 3.8) is 0 Å². The number of anilines is 1. The quantitative estimate of drug-likeness (QED) is 0.824. The van der Waals surface area contributed by atoms with Gasteiger partial charge in [0.15, 0.2) is 0 Å². The molecule has 0 spiro atoms. The van der Waals surface area contributed by atoms with E-state index in [1.54, 1.807) is 12.1 Å². The SMILES string of the molecule is CC(C)C(NC(=O)CN1CCN(c2ccc(O)cc2)CC1)c1ccccc1. The van der Waals surface area contributed by atoms with Crippen LogP contribution in [0.1, 0.15) is 25.5 Å². The number of benzene rings is 2. The molecule has 0 aromatic heterocycles. The number of phenolic OH excluding ortho intramolecular Hbond substituents is 1. The van der Waals surface area contributed by atoms with Gasteiger partial charge in [-0.3, -0.25) is 9.69 Å². The normalized spacial score (nSPS) is 16.3. The van der Waals surface area contributed by atoms with Crippen LogP contribution in [0.3, 0.4) is 0 Å². The number of nitrogens with zero attached hydrogens (tertiary/aromatic N) is 2. The van der Waals surface area contributed by atoms with Crippen molar-refractivity contribution < 1.29 is 9.90 Å². The molecule has 1 saturated heterocycles. The molecule has 0 aliphatic carbocycles. The van der Waals surface area contributed by atoms with E-state index in [9.17, 15) is 9.90 Å². The van der Waals surface area contributed by atoms with E-state index in [4.69, 9.17) is 0 Å². The lowest BCUT2D eigenvalue weighted by Gasteiger charge is -2.36. The van der Waals surface area contributed by atoms with E-state index in [0.717, 1.165) is 37.4 Å². The lowest BCUT2D eigenvalue weighted by Crippen LogP contribution is -2.50. The highest BCUT2D eigenvalue weighted by Crippen LogP contribution is 2.22. The molecular formula is C22H29N3O2. The Hall–Kier alpha value is -2.53. The van der Waals surface area contributed by atoms with E-state index in [2.05, 4.69) is 41.1 Å². The molecule has 1 heterocycles. The number of hydrogen-bond acceptors (Lipinski definition) is 4. The van der Waals surface area contributed by atoms with Crippen LogP contribution in [0.15, 0.2) is 54.6 Å². The summed E-state index contributed by atoms with van der Waals surface area (Å²) in [6, 6.07) is 17.5. The van der Waals surface area contributed by atoms with Gasteiger partial charge in [0.1, 0.15) is 5.75 Å². The maximum absolute atomic E-state index is 12.6. The van der Waals surface area contributed by atoms with Gasteiger partial charge in [0.25, 0.3) is 0 Å². The summed E-state index contributed by atoms with van der Waals surface area (Å²) >= 11 is 0. The van der Waals surface area contributed by atoms with E-state index in [-0.39, 0.29) is 17.7 Å². The molecule has 5 nitrogen and oxygen atoms in total. The number of amides is 1. The zero-order chi connectivity index (χ0) is 19.2. The summed E-state index contributed by atoms with van der Waals surface area (Å²) in [5.74, 6) is 0.700. The lowest BCUT2D eigenvalue weighted by molar-refractivity contribution is -0.123. The highest BCUT2D eigenvalue weighted by molar-refractivity contribution is 5.78. The monoisotopic (exact) mass is 367 g/mol. The molecule has 1 fully saturated rings. The molecule has 0 saturated carbocycles. The predicted molar refractivity (Wildman–Crippen MR) is 109 cm³/mol.